The predicted octanol–water partition coefficient (Wildman–Crippen LogP) is 3.41. The zero-order chi connectivity index (χ0) is 16.9. The van der Waals surface area contributed by atoms with Crippen LogP contribution in [0.25, 0.3) is 0 Å². The van der Waals surface area contributed by atoms with Crippen LogP contribution in [0.1, 0.15) is 0 Å². The predicted molar refractivity (Wildman–Crippen MR) is 109 cm³/mol. The Bertz CT molecular complexity index is 752. The summed E-state index contributed by atoms with van der Waals surface area (Å²) < 4.78 is 0.625. The summed E-state index contributed by atoms with van der Waals surface area (Å²) in [6.45, 7) is 0. The van der Waals surface area contributed by atoms with Gasteiger partial charge in [-0.25, -0.2) is 0 Å². The third kappa shape index (κ3) is 3.92. The molecule has 0 bridgehead atoms. The lowest BCUT2D eigenvalue weighted by Crippen LogP contribution is -2.33. The van der Waals surface area contributed by atoms with Gasteiger partial charge in [0, 0.05) is 11.4 Å². The molecule has 3 rings (SSSR count). The van der Waals surface area contributed by atoms with E-state index in [4.69, 9.17) is 24.4 Å². The van der Waals surface area contributed by atoms with Gasteiger partial charge in [-0.1, -0.05) is 60.4 Å². The lowest BCUT2D eigenvalue weighted by molar-refractivity contribution is -0.117. The van der Waals surface area contributed by atoms with E-state index in [1.165, 1.54) is 16.7 Å². The van der Waals surface area contributed by atoms with Crippen LogP contribution in [0.2, 0.25) is 0 Å². The number of thiocarbonyl (C=S) groups is 2. The van der Waals surface area contributed by atoms with Gasteiger partial charge in [0.05, 0.1) is 5.69 Å². The maximum absolute atomic E-state index is 12.6. The van der Waals surface area contributed by atoms with Gasteiger partial charge in [-0.3, -0.25) is 9.69 Å². The first kappa shape index (κ1) is 16.9. The Labute approximate surface area is 155 Å². The Morgan fingerprint density at radius 3 is 2.42 bits per heavy atom. The average Bonchev–Trinajstić information content (AvgIpc) is 2.88. The second kappa shape index (κ2) is 7.74. The zero-order valence-corrected chi connectivity index (χ0v) is 15.1. The van der Waals surface area contributed by atoms with Gasteiger partial charge in [-0.2, -0.15) is 0 Å². The van der Waals surface area contributed by atoms with Gasteiger partial charge in [-0.05, 0) is 36.5 Å². The van der Waals surface area contributed by atoms with Crippen LogP contribution in [0.5, 0.6) is 0 Å². The van der Waals surface area contributed by atoms with Gasteiger partial charge in [-0.15, -0.1) is 0 Å². The number of nitrogens with zero attached hydrogens (tertiary/aromatic N) is 1. The Morgan fingerprint density at radius 1 is 1.12 bits per heavy atom. The highest BCUT2D eigenvalue weighted by Gasteiger charge is 2.36. The molecule has 2 N–H and O–H groups in total. The molecular weight excluding hydrogens is 358 g/mol. The molecule has 0 radical (unpaired) electrons. The first-order chi connectivity index (χ1) is 11.6. The van der Waals surface area contributed by atoms with Crippen molar-refractivity contribution in [2.45, 2.75) is 6.04 Å². The fraction of sp³-hybridized carbons (Fsp3) is 0.118. The molecule has 24 heavy (non-hydrogen) atoms. The minimum atomic E-state index is -0.377. The lowest BCUT2D eigenvalue weighted by Gasteiger charge is -2.14. The fourth-order valence-corrected chi connectivity index (χ4v) is 3.69. The first-order valence-electron chi connectivity index (χ1n) is 7.33. The number of nitrogens with one attached hydrogen (secondary N) is 2. The van der Waals surface area contributed by atoms with Crippen LogP contribution in [0.15, 0.2) is 60.7 Å². The topological polar surface area (TPSA) is 44.4 Å². The molecule has 0 aromatic heterocycles. The number of hydrogen-bond donors (Lipinski definition) is 2. The maximum Gasteiger partial charge on any atom is 0.256 e. The summed E-state index contributed by atoms with van der Waals surface area (Å²) in [7, 11) is 0. The van der Waals surface area contributed by atoms with E-state index in [0.29, 0.717) is 15.2 Å². The highest BCUT2D eigenvalue weighted by Crippen LogP contribution is 2.21. The molecule has 0 saturated carbocycles. The molecule has 0 aliphatic carbocycles. The molecule has 7 heteroatoms. The molecule has 1 atom stereocenters. The summed E-state index contributed by atoms with van der Waals surface area (Å²) >= 11 is 12.0. The third-order valence-corrected chi connectivity index (χ3v) is 5.06. The van der Waals surface area contributed by atoms with Crippen molar-refractivity contribution in [1.29, 1.82) is 0 Å². The molecular formula is C17H15N3OS3. The van der Waals surface area contributed by atoms with Crippen molar-refractivity contribution in [3.63, 3.8) is 0 Å². The van der Waals surface area contributed by atoms with E-state index in [1.807, 2.05) is 60.7 Å². The van der Waals surface area contributed by atoms with E-state index in [0.717, 1.165) is 11.4 Å². The summed E-state index contributed by atoms with van der Waals surface area (Å²) in [6, 6.07) is 18.7. The largest absolute Gasteiger partial charge is 0.349 e. The summed E-state index contributed by atoms with van der Waals surface area (Å²) in [6.07, 6.45) is 0. The SMILES string of the molecule is O=C1[C@H](CSC(=S)Nc2ccccc2)NC(=S)N1c1ccccc1. The molecule has 2 aromatic rings. The minimum Gasteiger partial charge on any atom is -0.349 e. The van der Waals surface area contributed by atoms with E-state index in [1.54, 1.807) is 0 Å². The van der Waals surface area contributed by atoms with E-state index < -0.39 is 0 Å². The monoisotopic (exact) mass is 373 g/mol. The highest BCUT2D eigenvalue weighted by atomic mass is 32.2. The number of benzene rings is 2. The maximum atomic E-state index is 12.6. The Morgan fingerprint density at radius 2 is 1.75 bits per heavy atom. The van der Waals surface area contributed by atoms with Crippen molar-refractivity contribution in [2.75, 3.05) is 16.0 Å². The Hall–Kier alpha value is -1.96. The van der Waals surface area contributed by atoms with Gasteiger partial charge in [0.15, 0.2) is 5.11 Å². The lowest BCUT2D eigenvalue weighted by atomic mass is 10.3. The minimum absolute atomic E-state index is 0.0544. The van der Waals surface area contributed by atoms with Crippen molar-refractivity contribution < 1.29 is 4.79 Å². The molecule has 0 unspecified atom stereocenters. The van der Waals surface area contributed by atoms with Gasteiger partial charge in [0.2, 0.25) is 0 Å². The second-order valence-electron chi connectivity index (χ2n) is 5.10. The Balaban J connectivity index is 1.58. The van der Waals surface area contributed by atoms with Gasteiger partial charge in [0.25, 0.3) is 5.91 Å². The van der Waals surface area contributed by atoms with E-state index in [9.17, 15) is 4.79 Å². The van der Waals surface area contributed by atoms with Crippen molar-refractivity contribution in [3.8, 4) is 0 Å². The van der Waals surface area contributed by atoms with Crippen molar-refractivity contribution in [1.82, 2.24) is 5.32 Å². The molecule has 122 valence electrons. The number of para-hydroxylation sites is 2. The average molecular weight is 374 g/mol. The fourth-order valence-electron chi connectivity index (χ4n) is 2.30. The number of hydrogen-bond acceptors (Lipinski definition) is 4. The number of amides is 1. The molecule has 1 aliphatic rings. The third-order valence-electron chi connectivity index (χ3n) is 3.43. The standard InChI is InChI=1S/C17H15N3OS3/c21-15-14(11-24-17(23)18-12-7-3-1-4-8-12)19-16(22)20(15)13-9-5-2-6-10-13/h1-10,14H,11H2,(H,18,23)(H,19,22)/t14-/m0/s1. The van der Waals surface area contributed by atoms with Crippen LogP contribution in [0.3, 0.4) is 0 Å². The highest BCUT2D eigenvalue weighted by molar-refractivity contribution is 8.23. The quantitative estimate of drug-likeness (QED) is 0.801. The van der Waals surface area contributed by atoms with Gasteiger partial charge in [0.1, 0.15) is 10.4 Å². The first-order valence-corrected chi connectivity index (χ1v) is 9.14. The van der Waals surface area contributed by atoms with Crippen LogP contribution in [0.4, 0.5) is 11.4 Å². The van der Waals surface area contributed by atoms with E-state index in [-0.39, 0.29) is 11.9 Å². The molecule has 1 aliphatic heterocycles. The summed E-state index contributed by atoms with van der Waals surface area (Å²) in [5, 5.41) is 6.64. The van der Waals surface area contributed by atoms with Gasteiger partial charge >= 0.3 is 0 Å². The molecule has 4 nitrogen and oxygen atoms in total. The summed E-state index contributed by atoms with van der Waals surface area (Å²) in [4.78, 5) is 14.1. The number of thioether (sulfide) groups is 1. The summed E-state index contributed by atoms with van der Waals surface area (Å²) in [5.41, 5.74) is 1.71. The number of anilines is 2. The molecule has 1 heterocycles. The molecule has 0 spiro atoms. The second-order valence-corrected chi connectivity index (χ2v) is 7.18. The van der Waals surface area contributed by atoms with Crippen LogP contribution in [-0.2, 0) is 4.79 Å². The normalized spacial score (nSPS) is 16.8. The van der Waals surface area contributed by atoms with Crippen LogP contribution in [0, 0.1) is 0 Å². The van der Waals surface area contributed by atoms with E-state index >= 15 is 0 Å². The van der Waals surface area contributed by atoms with Crippen molar-refractivity contribution in [2.24, 2.45) is 0 Å². The smallest absolute Gasteiger partial charge is 0.256 e. The van der Waals surface area contributed by atoms with E-state index in [2.05, 4.69) is 10.6 Å². The van der Waals surface area contributed by atoms with Gasteiger partial charge < -0.3 is 10.6 Å². The van der Waals surface area contributed by atoms with Crippen LogP contribution < -0.4 is 15.5 Å². The molecule has 2 aromatic carbocycles. The number of carbonyl (C=O) groups excluding carboxylic acids is 1. The summed E-state index contributed by atoms with van der Waals surface area (Å²) in [5.74, 6) is 0.460. The van der Waals surface area contributed by atoms with Crippen LogP contribution >= 0.6 is 36.2 Å². The number of carbonyl (C=O) groups is 1. The zero-order valence-electron chi connectivity index (χ0n) is 12.6. The number of rotatable bonds is 4. The Kier molecular flexibility index (Phi) is 5.44. The van der Waals surface area contributed by atoms with Crippen LogP contribution in [-0.4, -0.2) is 27.1 Å². The van der Waals surface area contributed by atoms with Crippen molar-refractivity contribution >= 4 is 62.9 Å². The molecule has 1 saturated heterocycles. The molecule has 1 amide bonds. The molecule has 1 fully saturated rings. The van der Waals surface area contributed by atoms with Crippen molar-refractivity contribution in [3.05, 3.63) is 60.7 Å².